The molecule has 0 radical (unpaired) electrons. The summed E-state index contributed by atoms with van der Waals surface area (Å²) in [7, 11) is 1.54. The summed E-state index contributed by atoms with van der Waals surface area (Å²) in [6.45, 7) is 3.84. The minimum atomic E-state index is -0.597. The fourth-order valence-corrected chi connectivity index (χ4v) is 2.33. The highest BCUT2D eigenvalue weighted by atomic mass is 35.5. The Morgan fingerprint density at radius 3 is 2.61 bits per heavy atom. The van der Waals surface area contributed by atoms with Crippen LogP contribution in [0.5, 0.6) is 11.5 Å². The second kappa shape index (κ2) is 7.88. The van der Waals surface area contributed by atoms with E-state index in [0.717, 1.165) is 5.56 Å². The van der Waals surface area contributed by atoms with Gasteiger partial charge in [-0.2, -0.15) is 0 Å². The Hall–Kier alpha value is -2.20. The number of rotatable bonds is 6. The molecule has 0 aliphatic heterocycles. The number of amides is 1. The summed E-state index contributed by atoms with van der Waals surface area (Å²) < 4.78 is 11.1. The van der Waals surface area contributed by atoms with Gasteiger partial charge in [-0.05, 0) is 43.2 Å². The molecule has 0 fully saturated rings. The standard InChI is InChI=1S/C18H20ClNO3/c1-4-15(23-16-8-6-5-7-12(16)2)18(21)20-14-11-13(19)9-10-17(14)22-3/h5-11,15H,4H2,1-3H3,(H,20,21). The molecule has 2 aromatic rings. The molecule has 0 aliphatic carbocycles. The van der Waals surface area contributed by atoms with Crippen LogP contribution in [-0.2, 0) is 4.79 Å². The van der Waals surface area contributed by atoms with E-state index in [1.165, 1.54) is 0 Å². The van der Waals surface area contributed by atoms with Gasteiger partial charge in [-0.1, -0.05) is 36.7 Å². The number of para-hydroxylation sites is 1. The Balaban J connectivity index is 2.15. The molecule has 23 heavy (non-hydrogen) atoms. The van der Waals surface area contributed by atoms with Crippen molar-refractivity contribution >= 4 is 23.2 Å². The van der Waals surface area contributed by atoms with Crippen molar-refractivity contribution in [1.29, 1.82) is 0 Å². The quantitative estimate of drug-likeness (QED) is 0.849. The van der Waals surface area contributed by atoms with Crippen molar-refractivity contribution in [3.8, 4) is 11.5 Å². The van der Waals surface area contributed by atoms with Crippen LogP contribution in [0.1, 0.15) is 18.9 Å². The fraction of sp³-hybridized carbons (Fsp3) is 0.278. The Labute approximate surface area is 141 Å². The molecule has 0 aliphatic rings. The number of carbonyl (C=O) groups excluding carboxylic acids is 1. The highest BCUT2D eigenvalue weighted by Gasteiger charge is 2.20. The van der Waals surface area contributed by atoms with E-state index in [2.05, 4.69) is 5.32 Å². The number of ether oxygens (including phenoxy) is 2. The molecule has 2 aromatic carbocycles. The zero-order chi connectivity index (χ0) is 16.8. The molecule has 122 valence electrons. The number of aryl methyl sites for hydroxylation is 1. The first-order valence-corrected chi connectivity index (χ1v) is 7.79. The van der Waals surface area contributed by atoms with Gasteiger partial charge in [0.25, 0.3) is 5.91 Å². The largest absolute Gasteiger partial charge is 0.495 e. The third kappa shape index (κ3) is 4.39. The van der Waals surface area contributed by atoms with Gasteiger partial charge in [0.15, 0.2) is 6.10 Å². The molecule has 1 atom stereocenters. The minimum absolute atomic E-state index is 0.240. The Bertz CT molecular complexity index is 688. The van der Waals surface area contributed by atoms with Gasteiger partial charge >= 0.3 is 0 Å². The van der Waals surface area contributed by atoms with E-state index in [4.69, 9.17) is 21.1 Å². The molecule has 5 heteroatoms. The maximum Gasteiger partial charge on any atom is 0.265 e. The lowest BCUT2D eigenvalue weighted by molar-refractivity contribution is -0.122. The van der Waals surface area contributed by atoms with E-state index in [0.29, 0.717) is 28.6 Å². The molecule has 0 aromatic heterocycles. The first-order chi connectivity index (χ1) is 11.0. The number of carbonyl (C=O) groups is 1. The van der Waals surface area contributed by atoms with Crippen LogP contribution in [-0.4, -0.2) is 19.1 Å². The second-order valence-electron chi connectivity index (χ2n) is 5.11. The minimum Gasteiger partial charge on any atom is -0.495 e. The van der Waals surface area contributed by atoms with Crippen LogP contribution in [0.25, 0.3) is 0 Å². The van der Waals surface area contributed by atoms with E-state index in [1.54, 1.807) is 25.3 Å². The number of methoxy groups -OCH3 is 1. The number of anilines is 1. The van der Waals surface area contributed by atoms with Crippen LogP contribution in [0, 0.1) is 6.92 Å². The van der Waals surface area contributed by atoms with Crippen molar-refractivity contribution < 1.29 is 14.3 Å². The van der Waals surface area contributed by atoms with Gasteiger partial charge in [-0.25, -0.2) is 0 Å². The molecule has 1 N–H and O–H groups in total. The van der Waals surface area contributed by atoms with Gasteiger partial charge in [0, 0.05) is 5.02 Å². The predicted molar refractivity (Wildman–Crippen MR) is 92.5 cm³/mol. The van der Waals surface area contributed by atoms with Crippen molar-refractivity contribution in [2.75, 3.05) is 12.4 Å². The molecule has 1 amide bonds. The zero-order valence-corrected chi connectivity index (χ0v) is 14.2. The maximum absolute atomic E-state index is 12.5. The molecule has 0 heterocycles. The second-order valence-corrected chi connectivity index (χ2v) is 5.55. The summed E-state index contributed by atoms with van der Waals surface area (Å²) >= 11 is 5.98. The highest BCUT2D eigenvalue weighted by Crippen LogP contribution is 2.28. The van der Waals surface area contributed by atoms with Crippen LogP contribution in [0.15, 0.2) is 42.5 Å². The van der Waals surface area contributed by atoms with E-state index in [9.17, 15) is 4.79 Å². The third-order valence-electron chi connectivity index (χ3n) is 3.45. The van der Waals surface area contributed by atoms with Crippen molar-refractivity contribution in [2.24, 2.45) is 0 Å². The van der Waals surface area contributed by atoms with Crippen molar-refractivity contribution in [3.05, 3.63) is 53.1 Å². The van der Waals surface area contributed by atoms with Crippen LogP contribution in [0.3, 0.4) is 0 Å². The molecule has 2 rings (SSSR count). The Morgan fingerprint density at radius 2 is 1.96 bits per heavy atom. The maximum atomic E-state index is 12.5. The SMILES string of the molecule is CCC(Oc1ccccc1C)C(=O)Nc1cc(Cl)ccc1OC. The van der Waals surface area contributed by atoms with Crippen LogP contribution in [0.4, 0.5) is 5.69 Å². The average Bonchev–Trinajstić information content (AvgIpc) is 2.54. The normalized spacial score (nSPS) is 11.7. The summed E-state index contributed by atoms with van der Waals surface area (Å²) in [5.41, 5.74) is 1.51. The Kier molecular flexibility index (Phi) is 5.88. The van der Waals surface area contributed by atoms with Gasteiger partial charge < -0.3 is 14.8 Å². The van der Waals surface area contributed by atoms with Gasteiger partial charge in [0.1, 0.15) is 11.5 Å². The molecular formula is C18H20ClNO3. The van der Waals surface area contributed by atoms with E-state index < -0.39 is 6.10 Å². The lowest BCUT2D eigenvalue weighted by Crippen LogP contribution is -2.32. The molecule has 0 saturated heterocycles. The smallest absolute Gasteiger partial charge is 0.265 e. The monoisotopic (exact) mass is 333 g/mol. The first-order valence-electron chi connectivity index (χ1n) is 7.41. The third-order valence-corrected chi connectivity index (χ3v) is 3.68. The van der Waals surface area contributed by atoms with Gasteiger partial charge in [-0.15, -0.1) is 0 Å². The molecule has 1 unspecified atom stereocenters. The number of hydrogen-bond acceptors (Lipinski definition) is 3. The van der Waals surface area contributed by atoms with Crippen molar-refractivity contribution in [1.82, 2.24) is 0 Å². The first kappa shape index (κ1) is 17.2. The van der Waals surface area contributed by atoms with E-state index >= 15 is 0 Å². The van der Waals surface area contributed by atoms with Gasteiger partial charge in [0.2, 0.25) is 0 Å². The summed E-state index contributed by atoms with van der Waals surface area (Å²) in [4.78, 5) is 12.5. The number of nitrogens with one attached hydrogen (secondary N) is 1. The van der Waals surface area contributed by atoms with Crippen LogP contribution >= 0.6 is 11.6 Å². The van der Waals surface area contributed by atoms with Crippen LogP contribution in [0.2, 0.25) is 5.02 Å². The number of benzene rings is 2. The van der Waals surface area contributed by atoms with Crippen LogP contribution < -0.4 is 14.8 Å². The molecule has 0 saturated carbocycles. The van der Waals surface area contributed by atoms with Crippen molar-refractivity contribution in [2.45, 2.75) is 26.4 Å². The Morgan fingerprint density at radius 1 is 1.22 bits per heavy atom. The highest BCUT2D eigenvalue weighted by molar-refractivity contribution is 6.31. The summed E-state index contributed by atoms with van der Waals surface area (Å²) in [5.74, 6) is 1.01. The van der Waals surface area contributed by atoms with Crippen molar-refractivity contribution in [3.63, 3.8) is 0 Å². The summed E-state index contributed by atoms with van der Waals surface area (Å²) in [6.07, 6.45) is -0.0527. The van der Waals surface area contributed by atoms with E-state index in [1.807, 2.05) is 38.1 Å². The van der Waals surface area contributed by atoms with E-state index in [-0.39, 0.29) is 5.91 Å². The molecule has 0 bridgehead atoms. The molecular weight excluding hydrogens is 314 g/mol. The summed E-state index contributed by atoms with van der Waals surface area (Å²) in [6, 6.07) is 12.7. The molecule has 0 spiro atoms. The molecule has 4 nitrogen and oxygen atoms in total. The van der Waals surface area contributed by atoms with Gasteiger partial charge in [0.05, 0.1) is 12.8 Å². The lowest BCUT2D eigenvalue weighted by atomic mass is 10.2. The topological polar surface area (TPSA) is 47.6 Å². The fourth-order valence-electron chi connectivity index (χ4n) is 2.16. The van der Waals surface area contributed by atoms with Gasteiger partial charge in [-0.3, -0.25) is 4.79 Å². The lowest BCUT2D eigenvalue weighted by Gasteiger charge is -2.19. The number of hydrogen-bond donors (Lipinski definition) is 1. The zero-order valence-electron chi connectivity index (χ0n) is 13.4. The predicted octanol–water partition coefficient (Wildman–Crippen LogP) is 4.45. The number of halogens is 1. The average molecular weight is 334 g/mol. The summed E-state index contributed by atoms with van der Waals surface area (Å²) in [5, 5.41) is 3.34.